The van der Waals surface area contributed by atoms with Crippen molar-refractivity contribution in [1.82, 2.24) is 9.97 Å². The summed E-state index contributed by atoms with van der Waals surface area (Å²) in [7, 11) is 0. The number of nitrogens with one attached hydrogen (secondary N) is 1. The summed E-state index contributed by atoms with van der Waals surface area (Å²) in [6.07, 6.45) is 4.37. The lowest BCUT2D eigenvalue weighted by atomic mass is 10.1. The number of allylic oxidation sites excluding steroid dienone is 1. The Morgan fingerprint density at radius 3 is 2.59 bits per heavy atom. The van der Waals surface area contributed by atoms with Crippen molar-refractivity contribution in [3.8, 4) is 0 Å². The van der Waals surface area contributed by atoms with Crippen molar-refractivity contribution in [3.05, 3.63) is 53.7 Å². The number of hydrogen-bond donors (Lipinski definition) is 1. The number of thioether (sulfide) groups is 1. The van der Waals surface area contributed by atoms with Crippen LogP contribution < -0.4 is 10.4 Å². The van der Waals surface area contributed by atoms with Crippen molar-refractivity contribution in [2.75, 3.05) is 11.6 Å². The standard InChI is InChI=1S/C16H17N3O2S/c1-4-5-13-10(2)17-16(22-3)19-14(13)18-12-8-6-11(7-9-12)15(20)21/h4,6-9H,1,5H2,2-3H3,(H,20,21)(H,17,18,19)/p-1. The Morgan fingerprint density at radius 2 is 2.05 bits per heavy atom. The zero-order valence-electron chi connectivity index (χ0n) is 12.4. The van der Waals surface area contributed by atoms with Crippen molar-refractivity contribution in [2.24, 2.45) is 0 Å². The van der Waals surface area contributed by atoms with Crippen molar-refractivity contribution in [2.45, 2.75) is 18.5 Å². The zero-order chi connectivity index (χ0) is 16.1. The normalized spacial score (nSPS) is 10.3. The van der Waals surface area contributed by atoms with Crippen molar-refractivity contribution in [3.63, 3.8) is 0 Å². The van der Waals surface area contributed by atoms with Crippen LogP contribution in [0.3, 0.4) is 0 Å². The summed E-state index contributed by atoms with van der Waals surface area (Å²) in [6.45, 7) is 5.69. The van der Waals surface area contributed by atoms with Gasteiger partial charge in [-0.1, -0.05) is 30.0 Å². The van der Waals surface area contributed by atoms with Gasteiger partial charge in [0.15, 0.2) is 5.16 Å². The molecule has 0 aliphatic heterocycles. The maximum absolute atomic E-state index is 10.8. The smallest absolute Gasteiger partial charge is 0.189 e. The SMILES string of the molecule is C=CCc1c(C)nc(SC)nc1Nc1ccc(C(=O)[O-])cc1. The third-order valence-electron chi connectivity index (χ3n) is 3.11. The first-order chi connectivity index (χ1) is 10.5. The van der Waals surface area contributed by atoms with Gasteiger partial charge in [0.25, 0.3) is 0 Å². The van der Waals surface area contributed by atoms with Gasteiger partial charge < -0.3 is 15.2 Å². The van der Waals surface area contributed by atoms with E-state index in [1.807, 2.05) is 13.2 Å². The number of carboxylic acids is 1. The van der Waals surface area contributed by atoms with E-state index in [0.29, 0.717) is 17.4 Å². The van der Waals surface area contributed by atoms with Gasteiger partial charge in [0, 0.05) is 16.9 Å². The molecular weight excluding hydrogens is 298 g/mol. The fraction of sp³-hybridized carbons (Fsp3) is 0.188. The van der Waals surface area contributed by atoms with E-state index in [2.05, 4.69) is 21.9 Å². The number of hydrogen-bond acceptors (Lipinski definition) is 6. The molecule has 0 unspecified atom stereocenters. The van der Waals surface area contributed by atoms with Crippen molar-refractivity contribution < 1.29 is 9.90 Å². The van der Waals surface area contributed by atoms with Crippen LogP contribution in [0.4, 0.5) is 11.5 Å². The molecule has 1 aromatic carbocycles. The van der Waals surface area contributed by atoms with Crippen LogP contribution in [-0.2, 0) is 6.42 Å². The molecule has 1 heterocycles. The second kappa shape index (κ2) is 7.09. The molecule has 1 N–H and O–H groups in total. The lowest BCUT2D eigenvalue weighted by Crippen LogP contribution is -2.21. The summed E-state index contributed by atoms with van der Waals surface area (Å²) >= 11 is 1.47. The number of aromatic carboxylic acids is 1. The Labute approximate surface area is 133 Å². The van der Waals surface area contributed by atoms with E-state index in [9.17, 15) is 9.90 Å². The highest BCUT2D eigenvalue weighted by atomic mass is 32.2. The number of anilines is 2. The number of aromatic nitrogens is 2. The molecule has 0 saturated heterocycles. The lowest BCUT2D eigenvalue weighted by molar-refractivity contribution is -0.255. The van der Waals surface area contributed by atoms with E-state index < -0.39 is 5.97 Å². The summed E-state index contributed by atoms with van der Waals surface area (Å²) in [4.78, 5) is 19.7. The van der Waals surface area contributed by atoms with Gasteiger partial charge in [-0.05, 0) is 37.3 Å². The summed E-state index contributed by atoms with van der Waals surface area (Å²) in [5.74, 6) is -0.487. The van der Waals surface area contributed by atoms with Crippen LogP contribution in [0.15, 0.2) is 42.1 Å². The number of rotatable bonds is 6. The molecule has 22 heavy (non-hydrogen) atoms. The number of carbonyl (C=O) groups excluding carboxylic acids is 1. The van der Waals surface area contributed by atoms with E-state index in [4.69, 9.17) is 0 Å². The minimum Gasteiger partial charge on any atom is -0.545 e. The Balaban J connectivity index is 2.36. The molecule has 0 aliphatic carbocycles. The van der Waals surface area contributed by atoms with E-state index in [0.717, 1.165) is 16.9 Å². The predicted octanol–water partition coefficient (Wildman–Crippen LogP) is 2.34. The molecule has 0 aliphatic rings. The first-order valence-electron chi connectivity index (χ1n) is 6.66. The van der Waals surface area contributed by atoms with E-state index in [-0.39, 0.29) is 5.56 Å². The van der Waals surface area contributed by atoms with Crippen LogP contribution in [0, 0.1) is 6.92 Å². The van der Waals surface area contributed by atoms with Crippen LogP contribution in [-0.4, -0.2) is 22.2 Å². The van der Waals surface area contributed by atoms with Crippen LogP contribution in [0.5, 0.6) is 0 Å². The van der Waals surface area contributed by atoms with Gasteiger partial charge in [0.05, 0.1) is 5.97 Å². The molecule has 0 saturated carbocycles. The molecule has 6 heteroatoms. The molecular formula is C16H16N3O2S-. The maximum Gasteiger partial charge on any atom is 0.189 e. The average Bonchev–Trinajstić information content (AvgIpc) is 2.51. The quantitative estimate of drug-likeness (QED) is 0.501. The Hall–Kier alpha value is -2.34. The van der Waals surface area contributed by atoms with Crippen LogP contribution in [0.25, 0.3) is 0 Å². The monoisotopic (exact) mass is 314 g/mol. The maximum atomic E-state index is 10.8. The second-order valence-corrected chi connectivity index (χ2v) is 5.38. The number of aryl methyl sites for hydroxylation is 1. The topological polar surface area (TPSA) is 77.9 Å². The highest BCUT2D eigenvalue weighted by Gasteiger charge is 2.10. The van der Waals surface area contributed by atoms with Crippen molar-refractivity contribution >= 4 is 29.2 Å². The van der Waals surface area contributed by atoms with Crippen LogP contribution >= 0.6 is 11.8 Å². The van der Waals surface area contributed by atoms with Gasteiger partial charge in [-0.2, -0.15) is 0 Å². The molecule has 0 bridgehead atoms. The minimum absolute atomic E-state index is 0.139. The van der Waals surface area contributed by atoms with E-state index >= 15 is 0 Å². The molecule has 1 aromatic heterocycles. The fourth-order valence-corrected chi connectivity index (χ4v) is 2.39. The second-order valence-electron chi connectivity index (χ2n) is 4.61. The first-order valence-corrected chi connectivity index (χ1v) is 7.88. The molecule has 114 valence electrons. The molecule has 2 aromatic rings. The first kappa shape index (κ1) is 16.0. The largest absolute Gasteiger partial charge is 0.545 e. The van der Waals surface area contributed by atoms with E-state index in [1.165, 1.54) is 23.9 Å². The third-order valence-corrected chi connectivity index (χ3v) is 3.66. The summed E-state index contributed by atoms with van der Waals surface area (Å²) < 4.78 is 0. The van der Waals surface area contributed by atoms with Gasteiger partial charge in [0.1, 0.15) is 5.82 Å². The minimum atomic E-state index is -1.19. The molecule has 0 spiro atoms. The Kier molecular flexibility index (Phi) is 5.16. The molecule has 0 amide bonds. The lowest BCUT2D eigenvalue weighted by Gasteiger charge is -2.14. The highest BCUT2D eigenvalue weighted by molar-refractivity contribution is 7.98. The number of nitrogens with zero attached hydrogens (tertiary/aromatic N) is 2. The van der Waals surface area contributed by atoms with Gasteiger partial charge >= 0.3 is 0 Å². The zero-order valence-corrected chi connectivity index (χ0v) is 13.2. The molecule has 0 radical (unpaired) electrons. The summed E-state index contributed by atoms with van der Waals surface area (Å²) in [5, 5.41) is 14.7. The van der Waals surface area contributed by atoms with Crippen molar-refractivity contribution in [1.29, 1.82) is 0 Å². The summed E-state index contributed by atoms with van der Waals surface area (Å²) in [5.41, 5.74) is 2.76. The van der Waals surface area contributed by atoms with Gasteiger partial charge in [0.2, 0.25) is 0 Å². The molecule has 2 rings (SSSR count). The molecule has 5 nitrogen and oxygen atoms in total. The van der Waals surface area contributed by atoms with Gasteiger partial charge in [-0.15, -0.1) is 6.58 Å². The van der Waals surface area contributed by atoms with Crippen LogP contribution in [0.2, 0.25) is 0 Å². The van der Waals surface area contributed by atoms with Crippen LogP contribution in [0.1, 0.15) is 21.6 Å². The molecule has 0 fully saturated rings. The Bertz CT molecular complexity index is 699. The number of benzene rings is 1. The molecule has 0 atom stereocenters. The number of carbonyl (C=O) groups is 1. The number of carboxylic acid groups (broad SMARTS) is 1. The van der Waals surface area contributed by atoms with E-state index in [1.54, 1.807) is 18.2 Å². The Morgan fingerprint density at radius 1 is 1.36 bits per heavy atom. The van der Waals surface area contributed by atoms with Gasteiger partial charge in [-0.3, -0.25) is 0 Å². The fourth-order valence-electron chi connectivity index (χ4n) is 1.98. The third kappa shape index (κ3) is 3.65. The van der Waals surface area contributed by atoms with Gasteiger partial charge in [-0.25, -0.2) is 9.97 Å². The predicted molar refractivity (Wildman–Crippen MR) is 86.5 cm³/mol. The average molecular weight is 314 g/mol. The highest BCUT2D eigenvalue weighted by Crippen LogP contribution is 2.24. The summed E-state index contributed by atoms with van der Waals surface area (Å²) in [6, 6.07) is 6.35.